The molecule has 1 aliphatic rings. The van der Waals surface area contributed by atoms with E-state index in [1.165, 1.54) is 12.1 Å². The van der Waals surface area contributed by atoms with Gasteiger partial charge in [-0.05, 0) is 48.7 Å². The van der Waals surface area contributed by atoms with E-state index in [0.717, 1.165) is 41.9 Å². The summed E-state index contributed by atoms with van der Waals surface area (Å²) in [6, 6.07) is 12.7. The highest BCUT2D eigenvalue weighted by Crippen LogP contribution is 2.30. The second-order valence-electron chi connectivity index (χ2n) is 7.87. The molecule has 0 aliphatic carbocycles. The van der Waals surface area contributed by atoms with E-state index in [-0.39, 0.29) is 11.8 Å². The number of amides is 1. The minimum atomic E-state index is -4.33. The maximum absolute atomic E-state index is 12.7. The molecule has 1 aliphatic heterocycles. The Labute approximate surface area is 178 Å². The maximum atomic E-state index is 12.7. The van der Waals surface area contributed by atoms with Crippen molar-refractivity contribution in [3.05, 3.63) is 82.9 Å². The Balaban J connectivity index is 1.38. The molecule has 0 unspecified atom stereocenters. The van der Waals surface area contributed by atoms with Gasteiger partial charge in [-0.25, -0.2) is 0 Å². The molecular weight excluding hydrogens is 405 g/mol. The highest BCUT2D eigenvalue weighted by Gasteiger charge is 2.30. The molecule has 0 radical (unpaired) electrons. The second kappa shape index (κ2) is 8.53. The first-order valence-electron chi connectivity index (χ1n) is 10.2. The van der Waals surface area contributed by atoms with Gasteiger partial charge >= 0.3 is 6.18 Å². The summed E-state index contributed by atoms with van der Waals surface area (Å²) in [7, 11) is 1.78. The molecule has 0 atom stereocenters. The number of piperidine rings is 1. The minimum absolute atomic E-state index is 0.0527. The lowest BCUT2D eigenvalue weighted by atomic mass is 9.92. The summed E-state index contributed by atoms with van der Waals surface area (Å²) >= 11 is 0. The summed E-state index contributed by atoms with van der Waals surface area (Å²) in [5, 5.41) is 4.18. The van der Waals surface area contributed by atoms with E-state index in [9.17, 15) is 18.0 Å². The Morgan fingerprint density at radius 3 is 2.39 bits per heavy atom. The third-order valence-corrected chi connectivity index (χ3v) is 5.63. The molecule has 2 aromatic heterocycles. The molecule has 1 fully saturated rings. The van der Waals surface area contributed by atoms with Crippen molar-refractivity contribution in [3.8, 4) is 0 Å². The van der Waals surface area contributed by atoms with Gasteiger partial charge in [0.15, 0.2) is 0 Å². The molecule has 4 rings (SSSR count). The molecule has 5 nitrogen and oxygen atoms in total. The van der Waals surface area contributed by atoms with E-state index in [1.807, 2.05) is 23.1 Å². The summed E-state index contributed by atoms with van der Waals surface area (Å²) < 4.78 is 39.8. The zero-order valence-corrected chi connectivity index (χ0v) is 17.1. The van der Waals surface area contributed by atoms with Gasteiger partial charge in [0.25, 0.3) is 5.91 Å². The molecule has 0 saturated carbocycles. The number of benzene rings is 1. The van der Waals surface area contributed by atoms with Crippen LogP contribution in [0.25, 0.3) is 0 Å². The van der Waals surface area contributed by atoms with Crippen molar-refractivity contribution in [2.75, 3.05) is 13.1 Å². The predicted molar refractivity (Wildman–Crippen MR) is 110 cm³/mol. The van der Waals surface area contributed by atoms with Crippen molar-refractivity contribution in [3.63, 3.8) is 0 Å². The molecule has 1 saturated heterocycles. The monoisotopic (exact) mass is 428 g/mol. The number of aryl methyl sites for hydroxylation is 1. The maximum Gasteiger partial charge on any atom is 0.416 e. The normalized spacial score (nSPS) is 15.3. The largest absolute Gasteiger partial charge is 0.416 e. The molecule has 3 aromatic rings. The Hall–Kier alpha value is -3.16. The topological polar surface area (TPSA) is 51.0 Å². The Morgan fingerprint density at radius 1 is 1.06 bits per heavy atom. The van der Waals surface area contributed by atoms with E-state index in [2.05, 4.69) is 5.10 Å². The van der Waals surface area contributed by atoms with Crippen LogP contribution < -0.4 is 0 Å². The molecule has 1 aromatic carbocycles. The number of hydrogen-bond acceptors (Lipinski definition) is 3. The number of rotatable bonds is 4. The molecule has 162 valence electrons. The first-order valence-corrected chi connectivity index (χ1v) is 10.2. The lowest BCUT2D eigenvalue weighted by Gasteiger charge is -2.31. The number of halogens is 3. The number of carbonyl (C=O) groups is 1. The van der Waals surface area contributed by atoms with E-state index in [1.54, 1.807) is 24.0 Å². The number of hydrogen-bond donors (Lipinski definition) is 0. The molecular formula is C23H23F3N4O. The lowest BCUT2D eigenvalue weighted by Crippen LogP contribution is -2.38. The molecule has 0 bridgehead atoms. The van der Waals surface area contributed by atoms with Gasteiger partial charge in [-0.15, -0.1) is 0 Å². The first kappa shape index (κ1) is 21.1. The highest BCUT2D eigenvalue weighted by atomic mass is 19.4. The highest BCUT2D eigenvalue weighted by molar-refractivity contribution is 5.92. The summed E-state index contributed by atoms with van der Waals surface area (Å²) in [5.74, 6) is 0.198. The first-order chi connectivity index (χ1) is 14.8. The van der Waals surface area contributed by atoms with Gasteiger partial charge in [-0.3, -0.25) is 14.5 Å². The van der Waals surface area contributed by atoms with Crippen molar-refractivity contribution in [2.24, 2.45) is 7.05 Å². The number of carbonyl (C=O) groups excluding carboxylic acids is 1. The number of pyridine rings is 1. The molecule has 31 heavy (non-hydrogen) atoms. The van der Waals surface area contributed by atoms with Crippen LogP contribution in [0.5, 0.6) is 0 Å². The molecule has 0 spiro atoms. The van der Waals surface area contributed by atoms with Gasteiger partial charge in [0.05, 0.1) is 5.56 Å². The van der Waals surface area contributed by atoms with Gasteiger partial charge in [0, 0.05) is 50.1 Å². The van der Waals surface area contributed by atoms with Crippen molar-refractivity contribution < 1.29 is 18.0 Å². The van der Waals surface area contributed by atoms with Crippen molar-refractivity contribution in [1.82, 2.24) is 19.7 Å². The summed E-state index contributed by atoms with van der Waals surface area (Å²) in [6.45, 7) is 1.29. The molecule has 0 N–H and O–H groups in total. The van der Waals surface area contributed by atoms with Crippen molar-refractivity contribution in [1.29, 1.82) is 0 Å². The van der Waals surface area contributed by atoms with E-state index in [4.69, 9.17) is 4.98 Å². The van der Waals surface area contributed by atoms with Crippen LogP contribution in [0.4, 0.5) is 13.2 Å². The van der Waals surface area contributed by atoms with Crippen LogP contribution in [0.2, 0.25) is 0 Å². The quantitative estimate of drug-likeness (QED) is 0.617. The molecule has 1 amide bonds. The average molecular weight is 428 g/mol. The second-order valence-corrected chi connectivity index (χ2v) is 7.87. The number of nitrogens with zero attached hydrogens (tertiary/aromatic N) is 4. The van der Waals surface area contributed by atoms with Gasteiger partial charge in [-0.2, -0.15) is 18.3 Å². The fraction of sp³-hybridized carbons (Fsp3) is 0.348. The van der Waals surface area contributed by atoms with Gasteiger partial charge in [0.1, 0.15) is 5.69 Å². The smallest absolute Gasteiger partial charge is 0.337 e. The van der Waals surface area contributed by atoms with Crippen LogP contribution >= 0.6 is 0 Å². The summed E-state index contributed by atoms with van der Waals surface area (Å²) in [5.41, 5.74) is 2.38. The van der Waals surface area contributed by atoms with Crippen LogP contribution in [-0.2, 0) is 19.6 Å². The Kier molecular flexibility index (Phi) is 5.80. The summed E-state index contributed by atoms with van der Waals surface area (Å²) in [4.78, 5) is 19.1. The third kappa shape index (κ3) is 4.95. The van der Waals surface area contributed by atoms with Crippen molar-refractivity contribution >= 4 is 5.91 Å². The number of aromatic nitrogens is 3. The van der Waals surface area contributed by atoms with E-state index < -0.39 is 11.7 Å². The van der Waals surface area contributed by atoms with Crippen LogP contribution in [-0.4, -0.2) is 38.7 Å². The van der Waals surface area contributed by atoms with Crippen LogP contribution in [0, 0.1) is 0 Å². The van der Waals surface area contributed by atoms with E-state index in [0.29, 0.717) is 25.2 Å². The minimum Gasteiger partial charge on any atom is -0.337 e. The standard InChI is InChI=1S/C23H23F3N4O/c1-29-12-11-21(28-29)22(31)30-13-9-17(10-14-30)20-4-2-3-19(27-20)15-16-5-7-18(8-6-16)23(24,25)26/h2-8,11-12,17H,9-10,13-15H2,1H3. The Bertz CT molecular complexity index is 1050. The number of alkyl halides is 3. The van der Waals surface area contributed by atoms with E-state index >= 15 is 0 Å². The fourth-order valence-corrected chi connectivity index (χ4v) is 3.91. The zero-order chi connectivity index (χ0) is 22.0. The lowest BCUT2D eigenvalue weighted by molar-refractivity contribution is -0.137. The molecule has 8 heteroatoms. The van der Waals surface area contributed by atoms with Crippen LogP contribution in [0.15, 0.2) is 54.7 Å². The average Bonchev–Trinajstić information content (AvgIpc) is 3.20. The predicted octanol–water partition coefficient (Wildman–Crippen LogP) is 4.44. The SMILES string of the molecule is Cn1ccc(C(=O)N2CCC(c3cccc(Cc4ccc(C(F)(F)F)cc4)n3)CC2)n1. The van der Waals surface area contributed by atoms with Crippen LogP contribution in [0.1, 0.15) is 51.8 Å². The van der Waals surface area contributed by atoms with Gasteiger partial charge in [0.2, 0.25) is 0 Å². The fourth-order valence-electron chi connectivity index (χ4n) is 3.91. The zero-order valence-electron chi connectivity index (χ0n) is 17.1. The Morgan fingerprint density at radius 2 is 1.77 bits per heavy atom. The van der Waals surface area contributed by atoms with Gasteiger partial charge in [-0.1, -0.05) is 18.2 Å². The van der Waals surface area contributed by atoms with Gasteiger partial charge < -0.3 is 4.90 Å². The van der Waals surface area contributed by atoms with Crippen LogP contribution in [0.3, 0.4) is 0 Å². The molecule has 3 heterocycles. The summed E-state index contributed by atoms with van der Waals surface area (Å²) in [6.07, 6.45) is -0.469. The van der Waals surface area contributed by atoms with Crippen molar-refractivity contribution in [2.45, 2.75) is 31.4 Å². The number of likely N-dealkylation sites (tertiary alicyclic amines) is 1. The third-order valence-electron chi connectivity index (χ3n) is 5.63.